The van der Waals surface area contributed by atoms with Crippen molar-refractivity contribution >= 4 is 40.6 Å². The molecule has 0 saturated carbocycles. The van der Waals surface area contributed by atoms with Gasteiger partial charge in [-0.25, -0.2) is 4.98 Å². The van der Waals surface area contributed by atoms with E-state index in [1.807, 2.05) is 25.1 Å². The van der Waals surface area contributed by atoms with E-state index in [-0.39, 0.29) is 24.9 Å². The molecule has 3 heterocycles. The summed E-state index contributed by atoms with van der Waals surface area (Å²) in [5.74, 6) is 0.467. The van der Waals surface area contributed by atoms with Crippen LogP contribution in [0.5, 0.6) is 5.75 Å². The van der Waals surface area contributed by atoms with E-state index in [0.29, 0.717) is 33.5 Å². The smallest absolute Gasteiger partial charge is 0.257 e. The van der Waals surface area contributed by atoms with Gasteiger partial charge in [-0.1, -0.05) is 17.7 Å². The highest BCUT2D eigenvalue weighted by atomic mass is 35.5. The van der Waals surface area contributed by atoms with E-state index in [1.165, 1.54) is 13.3 Å². The lowest BCUT2D eigenvalue weighted by atomic mass is 10.1. The van der Waals surface area contributed by atoms with Gasteiger partial charge in [0.05, 0.1) is 42.8 Å². The molecule has 1 aromatic carbocycles. The molecule has 2 N–H and O–H groups in total. The first-order valence-electron chi connectivity index (χ1n) is 9.56. The van der Waals surface area contributed by atoms with E-state index in [2.05, 4.69) is 20.6 Å². The van der Waals surface area contributed by atoms with Gasteiger partial charge in [0, 0.05) is 23.5 Å². The zero-order valence-electron chi connectivity index (χ0n) is 17.0. The highest BCUT2D eigenvalue weighted by Crippen LogP contribution is 2.33. The van der Waals surface area contributed by atoms with E-state index in [4.69, 9.17) is 16.3 Å². The molecule has 9 heteroatoms. The molecule has 158 valence electrons. The molecule has 0 unspecified atom stereocenters. The number of benzene rings is 1. The van der Waals surface area contributed by atoms with Crippen molar-refractivity contribution in [2.24, 2.45) is 0 Å². The average molecular weight is 438 g/mol. The van der Waals surface area contributed by atoms with Gasteiger partial charge in [0.15, 0.2) is 5.82 Å². The third kappa shape index (κ3) is 4.29. The van der Waals surface area contributed by atoms with E-state index in [0.717, 1.165) is 11.3 Å². The lowest BCUT2D eigenvalue weighted by Gasteiger charge is -2.29. The number of pyridine rings is 2. The van der Waals surface area contributed by atoms with Crippen molar-refractivity contribution in [1.29, 1.82) is 0 Å². The third-order valence-corrected chi connectivity index (χ3v) is 5.31. The molecule has 0 aliphatic carbocycles. The van der Waals surface area contributed by atoms with Gasteiger partial charge < -0.3 is 20.3 Å². The standard InChI is InChI=1S/C22H20ClN5O3/c1-13-7-17(19(31-2)9-16(13)23)27-22(30)14-8-18-21(25-10-14)26-11-20(29)28(18)12-15-5-3-4-6-24-15/h3-10H,11-12H2,1-2H3,(H,25,26)(H,27,30). The van der Waals surface area contributed by atoms with Gasteiger partial charge in [-0.3, -0.25) is 14.6 Å². The number of hydrogen-bond donors (Lipinski definition) is 2. The summed E-state index contributed by atoms with van der Waals surface area (Å²) < 4.78 is 5.32. The molecule has 1 aliphatic heterocycles. The Bertz CT molecular complexity index is 1150. The van der Waals surface area contributed by atoms with Gasteiger partial charge >= 0.3 is 0 Å². The topological polar surface area (TPSA) is 96.4 Å². The highest BCUT2D eigenvalue weighted by molar-refractivity contribution is 6.31. The van der Waals surface area contributed by atoms with Crippen molar-refractivity contribution in [3.05, 3.63) is 70.6 Å². The third-order valence-electron chi connectivity index (χ3n) is 4.90. The summed E-state index contributed by atoms with van der Waals surface area (Å²) in [5.41, 5.74) is 2.86. The molecule has 0 atom stereocenters. The van der Waals surface area contributed by atoms with Crippen LogP contribution in [-0.2, 0) is 11.3 Å². The number of hydrogen-bond acceptors (Lipinski definition) is 6. The van der Waals surface area contributed by atoms with Gasteiger partial charge in [-0.15, -0.1) is 0 Å². The number of aromatic nitrogens is 2. The number of anilines is 3. The molecule has 31 heavy (non-hydrogen) atoms. The first kappa shape index (κ1) is 20.6. The number of nitrogens with zero attached hydrogens (tertiary/aromatic N) is 3. The van der Waals surface area contributed by atoms with Gasteiger partial charge in [-0.2, -0.15) is 0 Å². The second-order valence-electron chi connectivity index (χ2n) is 7.00. The Labute approximate surface area is 184 Å². The molecule has 3 aromatic rings. The van der Waals surface area contributed by atoms with Crippen LogP contribution in [0.25, 0.3) is 0 Å². The molecular formula is C22H20ClN5O3. The van der Waals surface area contributed by atoms with Crippen molar-refractivity contribution < 1.29 is 14.3 Å². The monoisotopic (exact) mass is 437 g/mol. The molecular weight excluding hydrogens is 418 g/mol. The lowest BCUT2D eigenvalue weighted by Crippen LogP contribution is -2.40. The first-order valence-corrected chi connectivity index (χ1v) is 9.93. The van der Waals surface area contributed by atoms with Gasteiger partial charge in [0.1, 0.15) is 5.75 Å². The van der Waals surface area contributed by atoms with Crippen molar-refractivity contribution in [2.75, 3.05) is 29.2 Å². The average Bonchev–Trinajstić information content (AvgIpc) is 2.78. The lowest BCUT2D eigenvalue weighted by molar-refractivity contribution is -0.117. The summed E-state index contributed by atoms with van der Waals surface area (Å²) in [5, 5.41) is 6.36. The summed E-state index contributed by atoms with van der Waals surface area (Å²) in [7, 11) is 1.50. The fourth-order valence-electron chi connectivity index (χ4n) is 3.26. The summed E-state index contributed by atoms with van der Waals surface area (Å²) in [6.07, 6.45) is 3.14. The quantitative estimate of drug-likeness (QED) is 0.632. The molecule has 0 fully saturated rings. The zero-order chi connectivity index (χ0) is 22.0. The highest BCUT2D eigenvalue weighted by Gasteiger charge is 2.26. The maximum atomic E-state index is 12.9. The molecule has 1 aliphatic rings. The molecule has 0 bridgehead atoms. The van der Waals surface area contributed by atoms with Crippen molar-refractivity contribution in [2.45, 2.75) is 13.5 Å². The Hall–Kier alpha value is -3.65. The maximum absolute atomic E-state index is 12.9. The fourth-order valence-corrected chi connectivity index (χ4v) is 3.41. The van der Waals surface area contributed by atoms with E-state index >= 15 is 0 Å². The number of nitrogens with one attached hydrogen (secondary N) is 2. The Morgan fingerprint density at radius 3 is 2.87 bits per heavy atom. The van der Waals surface area contributed by atoms with E-state index in [1.54, 1.807) is 29.3 Å². The van der Waals surface area contributed by atoms with Crippen LogP contribution < -0.4 is 20.3 Å². The van der Waals surface area contributed by atoms with Crippen molar-refractivity contribution in [3.8, 4) is 5.75 Å². The van der Waals surface area contributed by atoms with Crippen LogP contribution in [0.2, 0.25) is 5.02 Å². The number of rotatable bonds is 5. The number of carbonyl (C=O) groups excluding carboxylic acids is 2. The van der Waals surface area contributed by atoms with Gasteiger partial charge in [-0.05, 0) is 36.8 Å². The Kier molecular flexibility index (Phi) is 5.73. The minimum absolute atomic E-state index is 0.125. The number of carbonyl (C=O) groups is 2. The Morgan fingerprint density at radius 2 is 2.13 bits per heavy atom. The number of methoxy groups -OCH3 is 1. The molecule has 8 nitrogen and oxygen atoms in total. The number of amides is 2. The van der Waals surface area contributed by atoms with Gasteiger partial charge in [0.25, 0.3) is 5.91 Å². The summed E-state index contributed by atoms with van der Waals surface area (Å²) in [6, 6.07) is 10.5. The predicted octanol–water partition coefficient (Wildman–Crippen LogP) is 3.66. The fraction of sp³-hybridized carbons (Fsp3) is 0.182. The molecule has 0 radical (unpaired) electrons. The number of ether oxygens (including phenoxy) is 1. The maximum Gasteiger partial charge on any atom is 0.257 e. The molecule has 0 saturated heterocycles. The molecule has 4 rings (SSSR count). The van der Waals surface area contributed by atoms with Crippen molar-refractivity contribution in [1.82, 2.24) is 9.97 Å². The second-order valence-corrected chi connectivity index (χ2v) is 7.41. The largest absolute Gasteiger partial charge is 0.495 e. The summed E-state index contributed by atoms with van der Waals surface area (Å²) in [6.45, 7) is 2.25. The summed E-state index contributed by atoms with van der Waals surface area (Å²) >= 11 is 6.14. The predicted molar refractivity (Wildman–Crippen MR) is 119 cm³/mol. The SMILES string of the molecule is COc1cc(Cl)c(C)cc1NC(=O)c1cnc2c(c1)N(Cc1ccccn1)C(=O)CN2. The summed E-state index contributed by atoms with van der Waals surface area (Å²) in [4.78, 5) is 35.7. The van der Waals surface area contributed by atoms with Crippen LogP contribution >= 0.6 is 11.6 Å². The van der Waals surface area contributed by atoms with Gasteiger partial charge in [0.2, 0.25) is 5.91 Å². The van der Waals surface area contributed by atoms with Crippen molar-refractivity contribution in [3.63, 3.8) is 0 Å². The van der Waals surface area contributed by atoms with Crippen LogP contribution in [-0.4, -0.2) is 35.4 Å². The number of halogens is 1. The first-order chi connectivity index (χ1) is 15.0. The van der Waals surface area contributed by atoms with Crippen LogP contribution in [0, 0.1) is 6.92 Å². The molecule has 0 spiro atoms. The van der Waals surface area contributed by atoms with Crippen LogP contribution in [0.3, 0.4) is 0 Å². The molecule has 2 aromatic heterocycles. The number of fused-ring (bicyclic) bond motifs is 1. The van der Waals surface area contributed by atoms with Crippen LogP contribution in [0.15, 0.2) is 48.8 Å². The molecule has 2 amide bonds. The van der Waals surface area contributed by atoms with Crippen LogP contribution in [0.1, 0.15) is 21.6 Å². The van der Waals surface area contributed by atoms with E-state index in [9.17, 15) is 9.59 Å². The second kappa shape index (κ2) is 8.61. The van der Waals surface area contributed by atoms with Crippen LogP contribution in [0.4, 0.5) is 17.2 Å². The Balaban J connectivity index is 1.63. The minimum atomic E-state index is -0.383. The Morgan fingerprint density at radius 1 is 1.29 bits per heavy atom. The number of aryl methyl sites for hydroxylation is 1. The minimum Gasteiger partial charge on any atom is -0.495 e. The normalized spacial score (nSPS) is 12.7. The van der Waals surface area contributed by atoms with E-state index < -0.39 is 0 Å². The zero-order valence-corrected chi connectivity index (χ0v) is 17.7.